The van der Waals surface area contributed by atoms with E-state index in [4.69, 9.17) is 14.2 Å². The van der Waals surface area contributed by atoms with Crippen LogP contribution in [0.15, 0.2) is 34.9 Å². The van der Waals surface area contributed by atoms with Gasteiger partial charge in [0.2, 0.25) is 5.89 Å². The maximum absolute atomic E-state index is 13.3. The number of ether oxygens (including phenoxy) is 1. The second kappa shape index (κ2) is 8.08. The summed E-state index contributed by atoms with van der Waals surface area (Å²) in [4.78, 5) is 20.2. The standard InChI is InChI=1S/C27H36N4O3/c1-26(2,3)33-25(32)31(22-13-21(22)17-7-5-4-6-8-17)16-27(9-10-27)24-29-23(34-30-24)18-11-19-14-28-15-20(19)12-18/h4-8,18-22,28H,9-16H2,1-3H3/t18?,19-,20+,21-,22+/m0/s1. The van der Waals surface area contributed by atoms with Crippen LogP contribution in [0.1, 0.15) is 82.0 Å². The lowest BCUT2D eigenvalue weighted by atomic mass is 10.0. The van der Waals surface area contributed by atoms with Crippen molar-refractivity contribution in [1.29, 1.82) is 0 Å². The number of fused-ring (bicyclic) bond motifs is 1. The Morgan fingerprint density at radius 2 is 1.85 bits per heavy atom. The van der Waals surface area contributed by atoms with Gasteiger partial charge in [-0.2, -0.15) is 4.98 Å². The molecule has 4 aliphatic rings. The average molecular weight is 465 g/mol. The smallest absolute Gasteiger partial charge is 0.410 e. The maximum atomic E-state index is 13.3. The summed E-state index contributed by atoms with van der Waals surface area (Å²) in [6, 6.07) is 10.6. The first-order valence-electron chi connectivity index (χ1n) is 12.9. The normalized spacial score (nSPS) is 31.2. The molecule has 1 unspecified atom stereocenters. The van der Waals surface area contributed by atoms with E-state index >= 15 is 0 Å². The molecule has 1 aliphatic heterocycles. The maximum Gasteiger partial charge on any atom is 0.410 e. The van der Waals surface area contributed by atoms with E-state index in [-0.39, 0.29) is 17.6 Å². The predicted molar refractivity (Wildman–Crippen MR) is 128 cm³/mol. The summed E-state index contributed by atoms with van der Waals surface area (Å²) in [6.07, 6.45) is 4.97. The van der Waals surface area contributed by atoms with Crippen molar-refractivity contribution in [3.05, 3.63) is 47.6 Å². The molecule has 5 atom stereocenters. The second-order valence-corrected chi connectivity index (χ2v) is 12.0. The molecular formula is C27H36N4O3. The third-order valence-electron chi connectivity index (χ3n) is 8.26. The van der Waals surface area contributed by atoms with E-state index in [1.54, 1.807) is 0 Å². The molecule has 0 spiro atoms. The van der Waals surface area contributed by atoms with Crippen LogP contribution in [0.4, 0.5) is 4.79 Å². The van der Waals surface area contributed by atoms with Crippen molar-refractivity contribution >= 4 is 6.09 Å². The highest BCUT2D eigenvalue weighted by Gasteiger charge is 2.55. The molecule has 4 fully saturated rings. The van der Waals surface area contributed by atoms with Crippen molar-refractivity contribution in [1.82, 2.24) is 20.4 Å². The number of hydrogen-bond acceptors (Lipinski definition) is 6. The molecule has 2 heterocycles. The number of nitrogens with zero attached hydrogens (tertiary/aromatic N) is 3. The van der Waals surface area contributed by atoms with Crippen LogP contribution in [0.25, 0.3) is 0 Å². The van der Waals surface area contributed by atoms with Gasteiger partial charge in [-0.1, -0.05) is 35.5 Å². The number of amides is 1. The van der Waals surface area contributed by atoms with Crippen LogP contribution in [0.2, 0.25) is 0 Å². The molecule has 1 N–H and O–H groups in total. The fourth-order valence-corrected chi connectivity index (χ4v) is 6.14. The minimum atomic E-state index is -0.530. The number of carbonyl (C=O) groups excluding carboxylic acids is 1. The molecule has 0 radical (unpaired) electrons. The fraction of sp³-hybridized carbons (Fsp3) is 0.667. The van der Waals surface area contributed by atoms with Crippen LogP contribution >= 0.6 is 0 Å². The molecule has 1 aromatic heterocycles. The third kappa shape index (κ3) is 4.23. The zero-order chi connectivity index (χ0) is 23.5. The Labute approximate surface area is 201 Å². The molecule has 1 amide bonds. The first-order valence-corrected chi connectivity index (χ1v) is 12.9. The van der Waals surface area contributed by atoms with Gasteiger partial charge in [0, 0.05) is 24.4 Å². The van der Waals surface area contributed by atoms with Gasteiger partial charge in [0.15, 0.2) is 5.82 Å². The molecule has 0 bridgehead atoms. The van der Waals surface area contributed by atoms with Crippen LogP contribution in [0.3, 0.4) is 0 Å². The van der Waals surface area contributed by atoms with Gasteiger partial charge in [-0.25, -0.2) is 4.79 Å². The highest BCUT2D eigenvalue weighted by molar-refractivity contribution is 5.70. The first kappa shape index (κ1) is 22.1. The van der Waals surface area contributed by atoms with Crippen LogP contribution in [-0.2, 0) is 10.2 Å². The largest absolute Gasteiger partial charge is 0.444 e. The number of aromatic nitrogens is 2. The van der Waals surface area contributed by atoms with Crippen molar-refractivity contribution in [3.63, 3.8) is 0 Å². The van der Waals surface area contributed by atoms with E-state index in [0.717, 1.165) is 68.7 Å². The molecule has 34 heavy (non-hydrogen) atoms. The quantitative estimate of drug-likeness (QED) is 0.673. The van der Waals surface area contributed by atoms with Crippen LogP contribution < -0.4 is 5.32 Å². The summed E-state index contributed by atoms with van der Waals surface area (Å²) in [5.41, 5.74) is 0.546. The summed E-state index contributed by atoms with van der Waals surface area (Å²) in [7, 11) is 0. The lowest BCUT2D eigenvalue weighted by Crippen LogP contribution is -2.43. The Morgan fingerprint density at radius 1 is 1.15 bits per heavy atom. The second-order valence-electron chi connectivity index (χ2n) is 12.0. The van der Waals surface area contributed by atoms with Gasteiger partial charge >= 0.3 is 6.09 Å². The molecule has 7 heteroatoms. The number of carbonyl (C=O) groups is 1. The molecule has 3 saturated carbocycles. The number of nitrogens with one attached hydrogen (secondary N) is 1. The van der Waals surface area contributed by atoms with Crippen molar-refractivity contribution in [2.45, 2.75) is 81.8 Å². The lowest BCUT2D eigenvalue weighted by Gasteiger charge is -2.30. The van der Waals surface area contributed by atoms with Crippen molar-refractivity contribution in [3.8, 4) is 0 Å². The Bertz CT molecular complexity index is 1030. The molecule has 1 aromatic carbocycles. The van der Waals surface area contributed by atoms with Gasteiger partial charge in [0.25, 0.3) is 0 Å². The summed E-state index contributed by atoms with van der Waals surface area (Å²) in [6.45, 7) is 8.59. The number of hydrogen-bond donors (Lipinski definition) is 1. The SMILES string of the molecule is CC(C)(C)OC(=O)N(CC1(c2noc(C3C[C@H]4CNC[C@H]4C3)n2)CC1)[C@@H]1C[C@H]1c1ccccc1. The van der Waals surface area contributed by atoms with Crippen LogP contribution in [-0.4, -0.2) is 52.4 Å². The monoisotopic (exact) mass is 464 g/mol. The van der Waals surface area contributed by atoms with E-state index in [9.17, 15) is 4.79 Å². The van der Waals surface area contributed by atoms with E-state index in [2.05, 4.69) is 34.7 Å². The summed E-state index contributed by atoms with van der Waals surface area (Å²) in [5.74, 6) is 3.79. The minimum Gasteiger partial charge on any atom is -0.444 e. The van der Waals surface area contributed by atoms with Crippen LogP contribution in [0.5, 0.6) is 0 Å². The van der Waals surface area contributed by atoms with E-state index in [0.29, 0.717) is 18.4 Å². The zero-order valence-corrected chi connectivity index (χ0v) is 20.5. The van der Waals surface area contributed by atoms with Gasteiger partial charge in [-0.15, -0.1) is 0 Å². The minimum absolute atomic E-state index is 0.155. The Hall–Kier alpha value is -2.41. The molecule has 3 aliphatic carbocycles. The molecular weight excluding hydrogens is 428 g/mol. The molecule has 1 saturated heterocycles. The summed E-state index contributed by atoms with van der Waals surface area (Å²) in [5, 5.41) is 7.95. The zero-order valence-electron chi connectivity index (χ0n) is 20.5. The van der Waals surface area contributed by atoms with Crippen molar-refractivity contribution in [2.24, 2.45) is 11.8 Å². The third-order valence-corrected chi connectivity index (χ3v) is 8.26. The summed E-state index contributed by atoms with van der Waals surface area (Å²) < 4.78 is 11.7. The highest BCUT2D eigenvalue weighted by atomic mass is 16.6. The Morgan fingerprint density at radius 3 is 2.50 bits per heavy atom. The topological polar surface area (TPSA) is 80.5 Å². The molecule has 6 rings (SSSR count). The Balaban J connectivity index is 1.19. The van der Waals surface area contributed by atoms with Crippen LogP contribution in [0, 0.1) is 11.8 Å². The molecule has 182 valence electrons. The molecule has 2 aromatic rings. The fourth-order valence-electron chi connectivity index (χ4n) is 6.14. The number of rotatable bonds is 6. The van der Waals surface area contributed by atoms with Gasteiger partial charge in [0.05, 0.1) is 5.41 Å². The highest BCUT2D eigenvalue weighted by Crippen LogP contribution is 2.52. The van der Waals surface area contributed by atoms with E-state index < -0.39 is 5.60 Å². The van der Waals surface area contributed by atoms with Gasteiger partial charge in [-0.3, -0.25) is 0 Å². The van der Waals surface area contributed by atoms with E-state index in [1.165, 1.54) is 5.56 Å². The molecule has 7 nitrogen and oxygen atoms in total. The summed E-state index contributed by atoms with van der Waals surface area (Å²) >= 11 is 0. The Kier molecular flexibility index (Phi) is 5.24. The van der Waals surface area contributed by atoms with Gasteiger partial charge in [-0.05, 0) is 83.4 Å². The first-order chi connectivity index (χ1) is 16.3. The van der Waals surface area contributed by atoms with E-state index in [1.807, 2.05) is 31.7 Å². The van der Waals surface area contributed by atoms with Crippen molar-refractivity contribution in [2.75, 3.05) is 19.6 Å². The van der Waals surface area contributed by atoms with Gasteiger partial charge < -0.3 is 19.5 Å². The van der Waals surface area contributed by atoms with Gasteiger partial charge in [0.1, 0.15) is 5.60 Å². The average Bonchev–Trinajstić information content (AvgIpc) is 3.56. The predicted octanol–water partition coefficient (Wildman–Crippen LogP) is 4.61. The lowest BCUT2D eigenvalue weighted by molar-refractivity contribution is 0.0208. The number of benzene rings is 1. The van der Waals surface area contributed by atoms with Crippen molar-refractivity contribution < 1.29 is 14.1 Å².